The van der Waals surface area contributed by atoms with E-state index < -0.39 is 0 Å². The molecule has 0 aliphatic carbocycles. The smallest absolute Gasteiger partial charge is 0.282 e. The number of halogens is 2. The summed E-state index contributed by atoms with van der Waals surface area (Å²) in [6.45, 7) is 0.428. The quantitative estimate of drug-likeness (QED) is 0.940. The molecule has 7 heteroatoms. The molecule has 88 valence electrons. The first-order chi connectivity index (χ1) is 8.16. The van der Waals surface area contributed by atoms with Crippen molar-refractivity contribution in [1.82, 2.24) is 15.5 Å². The predicted octanol–water partition coefficient (Wildman–Crippen LogP) is 2.88. The molecule has 1 aromatic heterocycles. The molecular formula is C10H7BrClN3OS. The van der Waals surface area contributed by atoms with Crippen LogP contribution in [0.2, 0.25) is 4.47 Å². The zero-order valence-corrected chi connectivity index (χ0v) is 11.6. The van der Waals surface area contributed by atoms with Crippen molar-refractivity contribution in [3.63, 3.8) is 0 Å². The van der Waals surface area contributed by atoms with Crippen molar-refractivity contribution in [3.05, 3.63) is 43.8 Å². The van der Waals surface area contributed by atoms with E-state index in [1.807, 2.05) is 24.3 Å². The number of nitrogens with zero attached hydrogens (tertiary/aromatic N) is 2. The summed E-state index contributed by atoms with van der Waals surface area (Å²) in [4.78, 5) is 11.7. The summed E-state index contributed by atoms with van der Waals surface area (Å²) in [7, 11) is 0. The van der Waals surface area contributed by atoms with Crippen LogP contribution in [0.15, 0.2) is 28.7 Å². The molecule has 4 nitrogen and oxygen atoms in total. The highest BCUT2D eigenvalue weighted by Gasteiger charge is 2.11. The van der Waals surface area contributed by atoms with E-state index in [4.69, 9.17) is 11.6 Å². The molecule has 0 bridgehead atoms. The van der Waals surface area contributed by atoms with Crippen LogP contribution in [-0.4, -0.2) is 16.1 Å². The summed E-state index contributed by atoms with van der Waals surface area (Å²) in [5, 5.41) is 10.3. The van der Waals surface area contributed by atoms with Crippen LogP contribution in [-0.2, 0) is 6.54 Å². The van der Waals surface area contributed by atoms with Crippen LogP contribution in [0.3, 0.4) is 0 Å². The zero-order chi connectivity index (χ0) is 12.3. The van der Waals surface area contributed by atoms with Crippen molar-refractivity contribution in [3.8, 4) is 0 Å². The van der Waals surface area contributed by atoms with Crippen LogP contribution >= 0.6 is 38.9 Å². The summed E-state index contributed by atoms with van der Waals surface area (Å²) >= 11 is 10.1. The summed E-state index contributed by atoms with van der Waals surface area (Å²) in [5.74, 6) is -0.273. The van der Waals surface area contributed by atoms with Gasteiger partial charge in [0.2, 0.25) is 9.47 Å². The predicted molar refractivity (Wildman–Crippen MR) is 70.2 cm³/mol. The number of carbonyl (C=O) groups excluding carboxylic acids is 1. The van der Waals surface area contributed by atoms with Crippen LogP contribution in [0.25, 0.3) is 0 Å². The van der Waals surface area contributed by atoms with Crippen molar-refractivity contribution in [2.75, 3.05) is 0 Å². The average Bonchev–Trinajstić information content (AvgIpc) is 2.74. The molecule has 2 rings (SSSR count). The molecule has 1 aromatic carbocycles. The average molecular weight is 333 g/mol. The number of benzene rings is 1. The lowest BCUT2D eigenvalue weighted by Gasteiger charge is -2.04. The highest BCUT2D eigenvalue weighted by Crippen LogP contribution is 2.17. The van der Waals surface area contributed by atoms with Crippen molar-refractivity contribution >= 4 is 44.8 Å². The van der Waals surface area contributed by atoms with E-state index in [1.165, 1.54) is 0 Å². The van der Waals surface area contributed by atoms with Crippen molar-refractivity contribution in [2.45, 2.75) is 6.54 Å². The van der Waals surface area contributed by atoms with E-state index in [0.717, 1.165) is 21.4 Å². The lowest BCUT2D eigenvalue weighted by molar-refractivity contribution is 0.0949. The minimum absolute atomic E-state index is 0.260. The molecule has 0 atom stereocenters. The van der Waals surface area contributed by atoms with Crippen LogP contribution in [0.5, 0.6) is 0 Å². The third-order valence-corrected chi connectivity index (χ3v) is 3.78. The summed E-state index contributed by atoms with van der Waals surface area (Å²) in [6.07, 6.45) is 0. The molecule has 0 fully saturated rings. The second-order valence-electron chi connectivity index (χ2n) is 3.13. The van der Waals surface area contributed by atoms with E-state index in [-0.39, 0.29) is 15.4 Å². The minimum Gasteiger partial charge on any atom is -0.346 e. The Hall–Kier alpha value is -0.980. The maximum absolute atomic E-state index is 11.7. The number of aromatic nitrogens is 2. The van der Waals surface area contributed by atoms with Gasteiger partial charge in [-0.25, -0.2) is 0 Å². The Morgan fingerprint density at radius 2 is 2.18 bits per heavy atom. The molecular weight excluding hydrogens is 326 g/mol. The van der Waals surface area contributed by atoms with Gasteiger partial charge in [-0.1, -0.05) is 45.5 Å². The fraction of sp³-hybridized carbons (Fsp3) is 0.100. The van der Waals surface area contributed by atoms with Crippen LogP contribution < -0.4 is 5.32 Å². The molecule has 1 amide bonds. The van der Waals surface area contributed by atoms with Gasteiger partial charge in [-0.05, 0) is 23.2 Å². The van der Waals surface area contributed by atoms with Gasteiger partial charge >= 0.3 is 0 Å². The van der Waals surface area contributed by atoms with Gasteiger partial charge in [0, 0.05) is 11.0 Å². The number of hydrogen-bond donors (Lipinski definition) is 1. The Balaban J connectivity index is 1.99. The Bertz CT molecular complexity index is 546. The van der Waals surface area contributed by atoms with Gasteiger partial charge in [0.15, 0.2) is 0 Å². The molecule has 0 unspecified atom stereocenters. The fourth-order valence-electron chi connectivity index (χ4n) is 1.19. The third-order valence-electron chi connectivity index (χ3n) is 1.99. The minimum atomic E-state index is -0.273. The Labute approximate surface area is 115 Å². The first kappa shape index (κ1) is 12.5. The monoisotopic (exact) mass is 331 g/mol. The topological polar surface area (TPSA) is 54.9 Å². The van der Waals surface area contributed by atoms with Crippen molar-refractivity contribution < 1.29 is 4.79 Å². The number of carbonyl (C=O) groups is 1. The van der Waals surface area contributed by atoms with Gasteiger partial charge in [0.05, 0.1) is 0 Å². The van der Waals surface area contributed by atoms with E-state index >= 15 is 0 Å². The standard InChI is InChI=1S/C10H7BrClN3OS/c11-7-4-2-1-3-6(7)5-13-8(16)9-14-15-10(12)17-9/h1-4H,5H2,(H,13,16). The lowest BCUT2D eigenvalue weighted by atomic mass is 10.2. The lowest BCUT2D eigenvalue weighted by Crippen LogP contribution is -2.22. The molecule has 0 saturated heterocycles. The number of hydrogen-bond acceptors (Lipinski definition) is 4. The van der Waals surface area contributed by atoms with E-state index in [0.29, 0.717) is 6.54 Å². The molecule has 1 heterocycles. The summed E-state index contributed by atoms with van der Waals surface area (Å²) in [6, 6.07) is 7.68. The Morgan fingerprint density at radius 1 is 1.41 bits per heavy atom. The molecule has 2 aromatic rings. The molecule has 1 N–H and O–H groups in total. The normalized spacial score (nSPS) is 10.2. The highest BCUT2D eigenvalue weighted by molar-refractivity contribution is 9.10. The number of nitrogens with one attached hydrogen (secondary N) is 1. The molecule has 0 spiro atoms. The van der Waals surface area contributed by atoms with E-state index in [2.05, 4.69) is 31.4 Å². The Morgan fingerprint density at radius 3 is 2.82 bits per heavy atom. The second-order valence-corrected chi connectivity index (χ2v) is 5.55. The third kappa shape index (κ3) is 3.24. The Kier molecular flexibility index (Phi) is 4.09. The number of amides is 1. The summed E-state index contributed by atoms with van der Waals surface area (Å²) in [5.41, 5.74) is 0.997. The molecule has 0 saturated carbocycles. The molecule has 0 aliphatic rings. The van der Waals surface area contributed by atoms with E-state index in [9.17, 15) is 4.79 Å². The van der Waals surface area contributed by atoms with Crippen molar-refractivity contribution in [2.24, 2.45) is 0 Å². The highest BCUT2D eigenvalue weighted by atomic mass is 79.9. The van der Waals surface area contributed by atoms with Crippen molar-refractivity contribution in [1.29, 1.82) is 0 Å². The van der Waals surface area contributed by atoms with Gasteiger partial charge in [-0.3, -0.25) is 4.79 Å². The maximum Gasteiger partial charge on any atom is 0.282 e. The summed E-state index contributed by atoms with van der Waals surface area (Å²) < 4.78 is 1.21. The molecule has 17 heavy (non-hydrogen) atoms. The van der Waals surface area contributed by atoms with Gasteiger partial charge in [-0.15, -0.1) is 10.2 Å². The van der Waals surface area contributed by atoms with E-state index in [1.54, 1.807) is 0 Å². The number of rotatable bonds is 3. The second kappa shape index (κ2) is 5.57. The van der Waals surface area contributed by atoms with Gasteiger partial charge in [0.1, 0.15) is 0 Å². The van der Waals surface area contributed by atoms with Crippen LogP contribution in [0, 0.1) is 0 Å². The zero-order valence-electron chi connectivity index (χ0n) is 8.48. The first-order valence-corrected chi connectivity index (χ1v) is 6.66. The largest absolute Gasteiger partial charge is 0.346 e. The SMILES string of the molecule is O=C(NCc1ccccc1Br)c1nnc(Cl)s1. The van der Waals surface area contributed by atoms with Gasteiger partial charge in [0.25, 0.3) is 5.91 Å². The van der Waals surface area contributed by atoms with Crippen LogP contribution in [0.4, 0.5) is 0 Å². The fourth-order valence-corrected chi connectivity index (χ4v) is 2.36. The molecule has 0 aliphatic heterocycles. The maximum atomic E-state index is 11.7. The van der Waals surface area contributed by atoms with Gasteiger partial charge in [-0.2, -0.15) is 0 Å². The van der Waals surface area contributed by atoms with Crippen LogP contribution in [0.1, 0.15) is 15.4 Å². The van der Waals surface area contributed by atoms with Gasteiger partial charge < -0.3 is 5.32 Å². The molecule has 0 radical (unpaired) electrons. The first-order valence-electron chi connectivity index (χ1n) is 4.67.